The van der Waals surface area contributed by atoms with Crippen molar-refractivity contribution in [3.8, 4) is 6.07 Å². The molecule has 0 saturated carbocycles. The standard InChI is InChI=1S/C12H13NO/c1-2-10-5-7-11(8-6-10)12(14)4-3-9-13/h5-8H,2-4H2,1H3. The van der Waals surface area contributed by atoms with Crippen molar-refractivity contribution < 1.29 is 4.79 Å². The minimum atomic E-state index is 0.0502. The normalized spacial score (nSPS) is 9.43. The second-order valence-corrected chi connectivity index (χ2v) is 3.13. The fourth-order valence-electron chi connectivity index (χ4n) is 1.24. The molecule has 2 heteroatoms. The Morgan fingerprint density at radius 3 is 2.50 bits per heavy atom. The molecule has 0 aliphatic rings. The summed E-state index contributed by atoms with van der Waals surface area (Å²) < 4.78 is 0. The molecule has 0 fully saturated rings. The first kappa shape index (κ1) is 10.5. The third-order valence-electron chi connectivity index (χ3n) is 2.15. The van der Waals surface area contributed by atoms with Crippen molar-refractivity contribution in [2.45, 2.75) is 26.2 Å². The van der Waals surface area contributed by atoms with E-state index in [2.05, 4.69) is 6.92 Å². The summed E-state index contributed by atoms with van der Waals surface area (Å²) in [6, 6.07) is 9.55. The zero-order valence-corrected chi connectivity index (χ0v) is 8.29. The average Bonchev–Trinajstić information content (AvgIpc) is 2.26. The molecule has 0 radical (unpaired) electrons. The lowest BCUT2D eigenvalue weighted by molar-refractivity contribution is 0.0984. The van der Waals surface area contributed by atoms with Crippen LogP contribution < -0.4 is 0 Å². The second-order valence-electron chi connectivity index (χ2n) is 3.13. The Balaban J connectivity index is 2.67. The number of hydrogen-bond donors (Lipinski definition) is 0. The van der Waals surface area contributed by atoms with Gasteiger partial charge in [-0.25, -0.2) is 0 Å². The predicted octanol–water partition coefficient (Wildman–Crippen LogP) is 2.74. The summed E-state index contributed by atoms with van der Waals surface area (Å²) in [5.41, 5.74) is 1.93. The summed E-state index contributed by atoms with van der Waals surface area (Å²) in [6.07, 6.45) is 1.60. The fraction of sp³-hybridized carbons (Fsp3) is 0.333. The maximum atomic E-state index is 11.5. The molecule has 0 aliphatic carbocycles. The third-order valence-corrected chi connectivity index (χ3v) is 2.15. The van der Waals surface area contributed by atoms with E-state index in [1.165, 1.54) is 5.56 Å². The van der Waals surface area contributed by atoms with E-state index in [0.717, 1.165) is 6.42 Å². The summed E-state index contributed by atoms with van der Waals surface area (Å²) in [6.45, 7) is 2.08. The first-order chi connectivity index (χ1) is 6.77. The Hall–Kier alpha value is -1.62. The molecule has 0 atom stereocenters. The topological polar surface area (TPSA) is 40.9 Å². The summed E-state index contributed by atoms with van der Waals surface area (Å²) in [5, 5.41) is 8.34. The van der Waals surface area contributed by atoms with Gasteiger partial charge in [-0.3, -0.25) is 4.79 Å². The Kier molecular flexibility index (Phi) is 3.87. The van der Waals surface area contributed by atoms with Gasteiger partial charge in [-0.05, 0) is 12.0 Å². The number of nitriles is 1. The minimum Gasteiger partial charge on any atom is -0.294 e. The molecular formula is C12H13NO. The largest absolute Gasteiger partial charge is 0.294 e. The molecule has 0 bridgehead atoms. The van der Waals surface area contributed by atoms with Gasteiger partial charge in [0.25, 0.3) is 0 Å². The lowest BCUT2D eigenvalue weighted by Gasteiger charge is -1.99. The van der Waals surface area contributed by atoms with Gasteiger partial charge in [0.2, 0.25) is 0 Å². The van der Waals surface area contributed by atoms with Crippen molar-refractivity contribution >= 4 is 5.78 Å². The van der Waals surface area contributed by atoms with Crippen molar-refractivity contribution in [1.82, 2.24) is 0 Å². The predicted molar refractivity (Wildman–Crippen MR) is 55.0 cm³/mol. The minimum absolute atomic E-state index is 0.0502. The van der Waals surface area contributed by atoms with Gasteiger partial charge in [0, 0.05) is 18.4 Å². The fourth-order valence-corrected chi connectivity index (χ4v) is 1.24. The summed E-state index contributed by atoms with van der Waals surface area (Å²) in [7, 11) is 0. The van der Waals surface area contributed by atoms with Gasteiger partial charge in [-0.1, -0.05) is 31.2 Å². The quantitative estimate of drug-likeness (QED) is 0.680. The van der Waals surface area contributed by atoms with Crippen molar-refractivity contribution in [3.05, 3.63) is 35.4 Å². The molecule has 0 unspecified atom stereocenters. The van der Waals surface area contributed by atoms with Crippen molar-refractivity contribution in [3.63, 3.8) is 0 Å². The van der Waals surface area contributed by atoms with Gasteiger partial charge in [-0.2, -0.15) is 5.26 Å². The molecule has 0 heterocycles. The Morgan fingerprint density at radius 1 is 1.36 bits per heavy atom. The van der Waals surface area contributed by atoms with Crippen LogP contribution in [0.2, 0.25) is 0 Å². The van der Waals surface area contributed by atoms with Gasteiger partial charge >= 0.3 is 0 Å². The lowest BCUT2D eigenvalue weighted by Crippen LogP contribution is -1.98. The summed E-state index contributed by atoms with van der Waals surface area (Å²) in [5.74, 6) is 0.0502. The highest BCUT2D eigenvalue weighted by Gasteiger charge is 2.04. The molecule has 0 amide bonds. The molecule has 72 valence electrons. The van der Waals surface area contributed by atoms with Gasteiger partial charge in [0.05, 0.1) is 6.07 Å². The first-order valence-corrected chi connectivity index (χ1v) is 4.77. The number of carbonyl (C=O) groups excluding carboxylic acids is 1. The number of hydrogen-bond acceptors (Lipinski definition) is 2. The number of aryl methyl sites for hydroxylation is 1. The molecule has 1 aromatic carbocycles. The van der Waals surface area contributed by atoms with Gasteiger partial charge in [-0.15, -0.1) is 0 Å². The van der Waals surface area contributed by atoms with E-state index in [4.69, 9.17) is 5.26 Å². The maximum Gasteiger partial charge on any atom is 0.163 e. The van der Waals surface area contributed by atoms with E-state index < -0.39 is 0 Å². The molecule has 0 spiro atoms. The van der Waals surface area contributed by atoms with Crippen LogP contribution in [-0.2, 0) is 6.42 Å². The van der Waals surface area contributed by atoms with E-state index in [1.807, 2.05) is 30.3 Å². The zero-order chi connectivity index (χ0) is 10.4. The highest BCUT2D eigenvalue weighted by atomic mass is 16.1. The SMILES string of the molecule is CCc1ccc(C(=O)CCC#N)cc1. The van der Waals surface area contributed by atoms with E-state index in [1.54, 1.807) is 0 Å². The molecule has 2 nitrogen and oxygen atoms in total. The number of carbonyl (C=O) groups is 1. The van der Waals surface area contributed by atoms with E-state index >= 15 is 0 Å². The van der Waals surface area contributed by atoms with Crippen LogP contribution in [0.15, 0.2) is 24.3 Å². The summed E-state index contributed by atoms with van der Waals surface area (Å²) >= 11 is 0. The number of benzene rings is 1. The Labute approximate surface area is 84.2 Å². The van der Waals surface area contributed by atoms with E-state index in [0.29, 0.717) is 18.4 Å². The molecule has 0 aromatic heterocycles. The van der Waals surface area contributed by atoms with Gasteiger partial charge < -0.3 is 0 Å². The Morgan fingerprint density at radius 2 is 2.00 bits per heavy atom. The monoisotopic (exact) mass is 187 g/mol. The van der Waals surface area contributed by atoms with Crippen LogP contribution in [0.25, 0.3) is 0 Å². The van der Waals surface area contributed by atoms with Crippen LogP contribution in [-0.4, -0.2) is 5.78 Å². The highest BCUT2D eigenvalue weighted by molar-refractivity contribution is 5.96. The molecule has 0 aliphatic heterocycles. The van der Waals surface area contributed by atoms with E-state index in [9.17, 15) is 4.79 Å². The molecule has 0 saturated heterocycles. The van der Waals surface area contributed by atoms with Crippen LogP contribution in [0.1, 0.15) is 35.7 Å². The summed E-state index contributed by atoms with van der Waals surface area (Å²) in [4.78, 5) is 11.5. The van der Waals surface area contributed by atoms with Gasteiger partial charge in [0.15, 0.2) is 5.78 Å². The molecule has 1 rings (SSSR count). The first-order valence-electron chi connectivity index (χ1n) is 4.77. The van der Waals surface area contributed by atoms with Crippen LogP contribution >= 0.6 is 0 Å². The molecule has 14 heavy (non-hydrogen) atoms. The lowest BCUT2D eigenvalue weighted by atomic mass is 10.0. The molecular weight excluding hydrogens is 174 g/mol. The van der Waals surface area contributed by atoms with Crippen LogP contribution in [0, 0.1) is 11.3 Å². The number of rotatable bonds is 4. The van der Waals surface area contributed by atoms with Crippen LogP contribution in [0.3, 0.4) is 0 Å². The van der Waals surface area contributed by atoms with Crippen LogP contribution in [0.4, 0.5) is 0 Å². The number of nitrogens with zero attached hydrogens (tertiary/aromatic N) is 1. The molecule has 1 aromatic rings. The van der Waals surface area contributed by atoms with Crippen molar-refractivity contribution in [2.75, 3.05) is 0 Å². The zero-order valence-electron chi connectivity index (χ0n) is 8.29. The number of ketones is 1. The van der Waals surface area contributed by atoms with Crippen LogP contribution in [0.5, 0.6) is 0 Å². The third kappa shape index (κ3) is 2.70. The highest BCUT2D eigenvalue weighted by Crippen LogP contribution is 2.08. The Bertz CT molecular complexity index is 346. The average molecular weight is 187 g/mol. The van der Waals surface area contributed by atoms with Gasteiger partial charge in [0.1, 0.15) is 0 Å². The van der Waals surface area contributed by atoms with Crippen molar-refractivity contribution in [1.29, 1.82) is 5.26 Å². The second kappa shape index (κ2) is 5.18. The maximum absolute atomic E-state index is 11.5. The smallest absolute Gasteiger partial charge is 0.163 e. The molecule has 0 N–H and O–H groups in total. The number of Topliss-reactive ketones (excluding diaryl/α,β-unsaturated/α-hetero) is 1. The van der Waals surface area contributed by atoms with E-state index in [-0.39, 0.29) is 5.78 Å². The van der Waals surface area contributed by atoms with Crippen molar-refractivity contribution in [2.24, 2.45) is 0 Å².